The molecular weight excluding hydrogens is 471 g/mol. The number of ether oxygens (including phenoxy) is 2. The molecule has 2 aliphatic heterocycles. The van der Waals surface area contributed by atoms with Gasteiger partial charge in [-0.3, -0.25) is 9.59 Å². The van der Waals surface area contributed by atoms with E-state index >= 15 is 0 Å². The number of amides is 1. The molecule has 0 saturated carbocycles. The average molecular weight is 497 g/mol. The molecule has 2 N–H and O–H groups in total. The lowest BCUT2D eigenvalue weighted by Gasteiger charge is -2.37. The van der Waals surface area contributed by atoms with Gasteiger partial charge in [0.05, 0.1) is 0 Å². The van der Waals surface area contributed by atoms with Gasteiger partial charge in [-0.15, -0.1) is 0 Å². The summed E-state index contributed by atoms with van der Waals surface area (Å²) in [5, 5.41) is 6.19. The highest BCUT2D eigenvalue weighted by atomic mass is 19.1. The number of rotatable bonds is 4. The molecule has 3 aliphatic rings. The summed E-state index contributed by atoms with van der Waals surface area (Å²) in [5.74, 6) is -0.214. The van der Waals surface area contributed by atoms with Crippen LogP contribution in [-0.4, -0.2) is 18.5 Å². The van der Waals surface area contributed by atoms with Crippen molar-refractivity contribution in [1.82, 2.24) is 5.32 Å². The largest absolute Gasteiger partial charge is 0.454 e. The summed E-state index contributed by atoms with van der Waals surface area (Å²) >= 11 is 0. The van der Waals surface area contributed by atoms with E-state index in [9.17, 15) is 14.0 Å². The summed E-state index contributed by atoms with van der Waals surface area (Å²) in [5.41, 5.74) is 4.68. The number of benzene rings is 3. The van der Waals surface area contributed by atoms with Gasteiger partial charge in [0.15, 0.2) is 17.3 Å². The van der Waals surface area contributed by atoms with Crippen molar-refractivity contribution in [1.29, 1.82) is 0 Å². The van der Waals surface area contributed by atoms with Gasteiger partial charge in [-0.25, -0.2) is 4.39 Å². The van der Waals surface area contributed by atoms with Crippen molar-refractivity contribution in [2.75, 3.05) is 12.1 Å². The van der Waals surface area contributed by atoms with Gasteiger partial charge in [-0.2, -0.15) is 0 Å². The monoisotopic (exact) mass is 496 g/mol. The molecule has 1 amide bonds. The van der Waals surface area contributed by atoms with E-state index in [1.165, 1.54) is 18.2 Å². The number of nitrogens with one attached hydrogen (secondary N) is 2. The van der Waals surface area contributed by atoms with E-state index in [2.05, 4.69) is 10.6 Å². The Kier molecular flexibility index (Phi) is 5.75. The molecule has 37 heavy (non-hydrogen) atoms. The second-order valence-electron chi connectivity index (χ2n) is 9.51. The van der Waals surface area contributed by atoms with Gasteiger partial charge < -0.3 is 20.1 Å². The lowest BCUT2D eigenvalue weighted by atomic mass is 9.71. The summed E-state index contributed by atoms with van der Waals surface area (Å²) in [6.07, 6.45) is 1.01. The minimum atomic E-state index is -0.608. The van der Waals surface area contributed by atoms with Gasteiger partial charge in [-0.05, 0) is 60.7 Å². The maximum Gasteiger partial charge on any atom is 0.254 e. The summed E-state index contributed by atoms with van der Waals surface area (Å²) in [6.45, 7) is 1.96. The smallest absolute Gasteiger partial charge is 0.254 e. The molecule has 0 aromatic heterocycles. The lowest BCUT2D eigenvalue weighted by molar-refractivity contribution is -0.116. The standard InChI is InChI=1S/C30H25FN2O4/c1-17-27(30(35)33-22-9-5-8-21(31)15-22)28(19-10-11-25-26(14-19)37-16-36-25)29-23(32-17)12-20(13-24(29)34)18-6-3-2-4-7-18/h2-11,14-15,20,28,32H,12-13,16H2,1H3,(H,33,35)/t20-,28+/m0/s1. The first-order chi connectivity index (χ1) is 18.0. The Morgan fingerprint density at radius 1 is 0.946 bits per heavy atom. The molecular formula is C30H25FN2O4. The van der Waals surface area contributed by atoms with Crippen molar-refractivity contribution in [2.45, 2.75) is 31.6 Å². The third kappa shape index (κ3) is 4.27. The molecule has 6 rings (SSSR count). The van der Waals surface area contributed by atoms with Crippen molar-refractivity contribution in [3.05, 3.63) is 112 Å². The first kappa shape index (κ1) is 23.0. The maximum absolute atomic E-state index is 13.8. The first-order valence-electron chi connectivity index (χ1n) is 12.2. The van der Waals surface area contributed by atoms with Gasteiger partial charge in [-0.1, -0.05) is 42.5 Å². The summed E-state index contributed by atoms with van der Waals surface area (Å²) in [4.78, 5) is 27.4. The fourth-order valence-corrected chi connectivity index (χ4v) is 5.49. The van der Waals surface area contributed by atoms with Gasteiger partial charge >= 0.3 is 0 Å². The number of halogens is 1. The van der Waals surface area contributed by atoms with Crippen LogP contribution in [0.1, 0.15) is 42.7 Å². The van der Waals surface area contributed by atoms with Crippen LogP contribution in [0.5, 0.6) is 11.5 Å². The van der Waals surface area contributed by atoms with Crippen LogP contribution in [0.3, 0.4) is 0 Å². The molecule has 0 spiro atoms. The van der Waals surface area contributed by atoms with E-state index in [1.54, 1.807) is 12.1 Å². The molecule has 3 aromatic rings. The van der Waals surface area contributed by atoms with Crippen LogP contribution in [0.2, 0.25) is 0 Å². The number of dihydropyridines is 1. The molecule has 2 heterocycles. The third-order valence-corrected chi connectivity index (χ3v) is 7.16. The van der Waals surface area contributed by atoms with E-state index in [1.807, 2.05) is 49.4 Å². The average Bonchev–Trinajstić information content (AvgIpc) is 3.36. The normalized spacial score (nSPS) is 20.4. The molecule has 0 bridgehead atoms. The Morgan fingerprint density at radius 2 is 1.76 bits per heavy atom. The fourth-order valence-electron chi connectivity index (χ4n) is 5.49. The van der Waals surface area contributed by atoms with Crippen molar-refractivity contribution in [2.24, 2.45) is 0 Å². The predicted molar refractivity (Wildman–Crippen MR) is 137 cm³/mol. The quantitative estimate of drug-likeness (QED) is 0.495. The molecule has 0 unspecified atom stereocenters. The summed E-state index contributed by atoms with van der Waals surface area (Å²) in [6, 6.07) is 21.3. The minimum Gasteiger partial charge on any atom is -0.454 e. The minimum absolute atomic E-state index is 0.00572. The Labute approximate surface area is 213 Å². The molecule has 1 aliphatic carbocycles. The van der Waals surface area contributed by atoms with Crippen molar-refractivity contribution in [3.8, 4) is 11.5 Å². The molecule has 0 fully saturated rings. The van der Waals surface area contributed by atoms with E-state index in [-0.39, 0.29) is 18.5 Å². The van der Waals surface area contributed by atoms with Crippen LogP contribution in [-0.2, 0) is 9.59 Å². The van der Waals surface area contributed by atoms with Gasteiger partial charge in [0.1, 0.15) is 5.82 Å². The number of carbonyl (C=O) groups excluding carboxylic acids is 2. The van der Waals surface area contributed by atoms with Crippen molar-refractivity contribution >= 4 is 17.4 Å². The van der Waals surface area contributed by atoms with Crippen LogP contribution >= 0.6 is 0 Å². The Bertz CT molecular complexity index is 1480. The number of anilines is 1. The predicted octanol–water partition coefficient (Wildman–Crippen LogP) is 5.55. The highest BCUT2D eigenvalue weighted by molar-refractivity contribution is 6.10. The van der Waals surface area contributed by atoms with Gasteiger partial charge in [0, 0.05) is 40.6 Å². The molecule has 7 heteroatoms. The van der Waals surface area contributed by atoms with Crippen LogP contribution < -0.4 is 20.1 Å². The van der Waals surface area contributed by atoms with Crippen LogP contribution in [0, 0.1) is 5.82 Å². The van der Waals surface area contributed by atoms with E-state index in [0.717, 1.165) is 16.8 Å². The SMILES string of the molecule is CC1=C(C(=O)Nc2cccc(F)c2)[C@@H](c2ccc3c(c2)OCO3)C2=C(C[C@H](c3ccccc3)CC2=O)N1. The van der Waals surface area contributed by atoms with Gasteiger partial charge in [0.2, 0.25) is 6.79 Å². The van der Waals surface area contributed by atoms with Crippen LogP contribution in [0.4, 0.5) is 10.1 Å². The van der Waals surface area contributed by atoms with E-state index in [4.69, 9.17) is 9.47 Å². The summed E-state index contributed by atoms with van der Waals surface area (Å²) in [7, 11) is 0. The van der Waals surface area contributed by atoms with Crippen LogP contribution in [0.25, 0.3) is 0 Å². The van der Waals surface area contributed by atoms with Gasteiger partial charge in [0.25, 0.3) is 5.91 Å². The number of Topliss-reactive ketones (excluding diaryl/α,β-unsaturated/α-hetero) is 1. The number of carbonyl (C=O) groups is 2. The third-order valence-electron chi connectivity index (χ3n) is 7.16. The van der Waals surface area contributed by atoms with E-state index in [0.29, 0.717) is 46.9 Å². The van der Waals surface area contributed by atoms with Crippen LogP contribution in [0.15, 0.2) is 95.3 Å². The first-order valence-corrected chi connectivity index (χ1v) is 12.2. The Morgan fingerprint density at radius 3 is 2.57 bits per heavy atom. The zero-order valence-electron chi connectivity index (χ0n) is 20.2. The number of hydrogen-bond donors (Lipinski definition) is 2. The topological polar surface area (TPSA) is 76.7 Å². The second-order valence-corrected chi connectivity index (χ2v) is 9.51. The molecule has 2 atom stereocenters. The number of fused-ring (bicyclic) bond motifs is 1. The second kappa shape index (κ2) is 9.24. The molecule has 186 valence electrons. The molecule has 3 aromatic carbocycles. The number of hydrogen-bond acceptors (Lipinski definition) is 5. The van der Waals surface area contributed by atoms with E-state index < -0.39 is 17.6 Å². The molecule has 6 nitrogen and oxygen atoms in total. The Hall–Kier alpha value is -4.39. The Balaban J connectivity index is 1.43. The highest BCUT2D eigenvalue weighted by Gasteiger charge is 2.41. The maximum atomic E-state index is 13.8. The van der Waals surface area contributed by atoms with Crippen molar-refractivity contribution < 1.29 is 23.5 Å². The zero-order valence-corrected chi connectivity index (χ0v) is 20.2. The number of ketones is 1. The lowest BCUT2D eigenvalue weighted by Crippen LogP contribution is -2.37. The molecule has 0 saturated heterocycles. The van der Waals surface area contributed by atoms with Crippen molar-refractivity contribution in [3.63, 3.8) is 0 Å². The zero-order chi connectivity index (χ0) is 25.5. The number of allylic oxidation sites excluding steroid dienone is 3. The summed E-state index contributed by atoms with van der Waals surface area (Å²) < 4.78 is 24.9. The molecule has 0 radical (unpaired) electrons. The highest BCUT2D eigenvalue weighted by Crippen LogP contribution is 2.47. The fraction of sp³-hybridized carbons (Fsp3) is 0.200.